The quantitative estimate of drug-likeness (QED) is 0.438. The molecule has 6 nitrogen and oxygen atoms in total. The summed E-state index contributed by atoms with van der Waals surface area (Å²) < 4.78 is 1.80. The van der Waals surface area contributed by atoms with Gasteiger partial charge in [-0.2, -0.15) is 5.10 Å². The minimum atomic E-state index is -0.126. The van der Waals surface area contributed by atoms with Crippen molar-refractivity contribution in [2.45, 2.75) is 25.8 Å². The van der Waals surface area contributed by atoms with E-state index in [-0.39, 0.29) is 11.7 Å². The van der Waals surface area contributed by atoms with E-state index in [4.69, 9.17) is 11.6 Å². The lowest BCUT2D eigenvalue weighted by Gasteiger charge is -2.11. The number of fused-ring (bicyclic) bond motifs is 1. The third-order valence-corrected chi connectivity index (χ3v) is 6.12. The molecule has 0 unspecified atom stereocenters. The number of benzene rings is 2. The Morgan fingerprint density at radius 1 is 1.07 bits per heavy atom. The molecule has 0 bridgehead atoms. The van der Waals surface area contributed by atoms with Gasteiger partial charge in [0.15, 0.2) is 5.82 Å². The zero-order valence-electron chi connectivity index (χ0n) is 16.8. The van der Waals surface area contributed by atoms with Crippen LogP contribution in [-0.4, -0.2) is 31.6 Å². The van der Waals surface area contributed by atoms with Gasteiger partial charge in [0.25, 0.3) is 0 Å². The fourth-order valence-corrected chi connectivity index (χ4v) is 4.18. The largest absolute Gasteiger partial charge is 0.325 e. The zero-order chi connectivity index (χ0) is 21.3. The smallest absolute Gasteiger partial charge is 0.234 e. The van der Waals surface area contributed by atoms with E-state index in [1.165, 1.54) is 11.8 Å². The lowest BCUT2D eigenvalue weighted by Crippen LogP contribution is -2.15. The molecule has 1 amide bonds. The van der Waals surface area contributed by atoms with Gasteiger partial charge in [-0.05, 0) is 44.5 Å². The molecular formula is C22H20ClN5OS. The Hall–Kier alpha value is -2.90. The van der Waals surface area contributed by atoms with Crippen molar-refractivity contribution >= 4 is 45.7 Å². The molecule has 0 atom stereocenters. The Labute approximate surface area is 183 Å². The number of hydrogen-bond acceptors (Lipinski definition) is 5. The SMILES string of the molecule is Cc1cc(C)n(-c2nnc(SCC(=O)Nc3cccc(Cl)c3C)c3ccccc23)n1. The maximum Gasteiger partial charge on any atom is 0.234 e. The highest BCUT2D eigenvalue weighted by atomic mass is 35.5. The van der Waals surface area contributed by atoms with E-state index in [0.717, 1.165) is 27.7 Å². The first-order valence-corrected chi connectivity index (χ1v) is 10.8. The van der Waals surface area contributed by atoms with Crippen molar-refractivity contribution in [1.29, 1.82) is 0 Å². The van der Waals surface area contributed by atoms with Gasteiger partial charge in [0.1, 0.15) is 5.03 Å². The number of halogens is 1. The molecule has 152 valence electrons. The maximum absolute atomic E-state index is 12.5. The third kappa shape index (κ3) is 4.04. The summed E-state index contributed by atoms with van der Waals surface area (Å²) in [6.07, 6.45) is 0. The van der Waals surface area contributed by atoms with Crippen LogP contribution in [0, 0.1) is 20.8 Å². The van der Waals surface area contributed by atoms with Crippen molar-refractivity contribution in [3.63, 3.8) is 0 Å². The minimum Gasteiger partial charge on any atom is -0.325 e. The molecule has 30 heavy (non-hydrogen) atoms. The second-order valence-electron chi connectivity index (χ2n) is 6.96. The molecular weight excluding hydrogens is 418 g/mol. The predicted octanol–water partition coefficient (Wildman–Crippen LogP) is 5.12. The van der Waals surface area contributed by atoms with Crippen LogP contribution in [0.15, 0.2) is 53.6 Å². The number of nitrogens with one attached hydrogen (secondary N) is 1. The van der Waals surface area contributed by atoms with Crippen molar-refractivity contribution in [3.05, 3.63) is 70.5 Å². The first-order chi connectivity index (χ1) is 14.4. The van der Waals surface area contributed by atoms with E-state index in [1.807, 2.05) is 63.2 Å². The number of anilines is 1. The van der Waals surface area contributed by atoms with Crippen LogP contribution in [0.3, 0.4) is 0 Å². The summed E-state index contributed by atoms with van der Waals surface area (Å²) >= 11 is 7.48. The number of nitrogens with zero attached hydrogens (tertiary/aromatic N) is 4. The molecule has 4 aromatic rings. The van der Waals surface area contributed by atoms with Crippen LogP contribution in [0.2, 0.25) is 5.02 Å². The van der Waals surface area contributed by atoms with Crippen molar-refractivity contribution in [2.75, 3.05) is 11.1 Å². The standard InChI is InChI=1S/C22H20ClN5OS/c1-13-11-14(2)28(27-13)21-16-7-4-5-8-17(16)22(26-25-21)30-12-20(29)24-19-10-6-9-18(23)15(19)3/h4-11H,12H2,1-3H3,(H,24,29). The van der Waals surface area contributed by atoms with Gasteiger partial charge >= 0.3 is 0 Å². The monoisotopic (exact) mass is 437 g/mol. The molecule has 2 heterocycles. The molecule has 0 saturated carbocycles. The van der Waals surface area contributed by atoms with Gasteiger partial charge in [-0.1, -0.05) is 53.7 Å². The first-order valence-electron chi connectivity index (χ1n) is 9.41. The van der Waals surface area contributed by atoms with E-state index in [1.54, 1.807) is 10.7 Å². The number of hydrogen-bond donors (Lipinski definition) is 1. The summed E-state index contributed by atoms with van der Waals surface area (Å²) in [7, 11) is 0. The normalized spacial score (nSPS) is 11.1. The molecule has 0 aliphatic carbocycles. The molecule has 1 N–H and O–H groups in total. The summed E-state index contributed by atoms with van der Waals surface area (Å²) in [5, 5.41) is 19.5. The average Bonchev–Trinajstić information content (AvgIpc) is 3.07. The van der Waals surface area contributed by atoms with Gasteiger partial charge in [-0.25, -0.2) is 4.68 Å². The van der Waals surface area contributed by atoms with Crippen LogP contribution in [0.4, 0.5) is 5.69 Å². The van der Waals surface area contributed by atoms with Gasteiger partial charge < -0.3 is 5.32 Å². The Morgan fingerprint density at radius 3 is 2.57 bits per heavy atom. The molecule has 4 rings (SSSR count). The van der Waals surface area contributed by atoms with E-state index in [9.17, 15) is 4.79 Å². The molecule has 0 spiro atoms. The van der Waals surface area contributed by atoms with E-state index in [2.05, 4.69) is 20.6 Å². The molecule has 0 radical (unpaired) electrons. The van der Waals surface area contributed by atoms with Gasteiger partial charge in [0.05, 0.1) is 11.4 Å². The molecule has 2 aromatic heterocycles. The van der Waals surface area contributed by atoms with E-state index < -0.39 is 0 Å². The third-order valence-electron chi connectivity index (χ3n) is 4.73. The lowest BCUT2D eigenvalue weighted by atomic mass is 10.2. The second-order valence-corrected chi connectivity index (χ2v) is 8.33. The average molecular weight is 438 g/mol. The first kappa shape index (κ1) is 20.4. The number of rotatable bonds is 5. The molecule has 0 aliphatic rings. The van der Waals surface area contributed by atoms with Crippen LogP contribution < -0.4 is 5.32 Å². The summed E-state index contributed by atoms with van der Waals surface area (Å²) in [5.41, 5.74) is 3.47. The van der Waals surface area contributed by atoms with Crippen molar-refractivity contribution in [3.8, 4) is 5.82 Å². The summed E-state index contributed by atoms with van der Waals surface area (Å²) in [5.74, 6) is 0.766. The zero-order valence-corrected chi connectivity index (χ0v) is 18.4. The van der Waals surface area contributed by atoms with Crippen molar-refractivity contribution in [1.82, 2.24) is 20.0 Å². The molecule has 0 fully saturated rings. The molecule has 0 saturated heterocycles. The fourth-order valence-electron chi connectivity index (χ4n) is 3.23. The Kier molecular flexibility index (Phi) is 5.74. The Balaban J connectivity index is 1.58. The number of carbonyl (C=O) groups is 1. The highest BCUT2D eigenvalue weighted by Crippen LogP contribution is 2.29. The van der Waals surface area contributed by atoms with Gasteiger partial charge in [-0.3, -0.25) is 4.79 Å². The van der Waals surface area contributed by atoms with Gasteiger partial charge in [0.2, 0.25) is 5.91 Å². The second kappa shape index (κ2) is 8.45. The molecule has 2 aromatic carbocycles. The van der Waals surface area contributed by atoms with Crippen LogP contribution in [-0.2, 0) is 4.79 Å². The molecule has 8 heteroatoms. The van der Waals surface area contributed by atoms with Gasteiger partial charge in [-0.15, -0.1) is 10.2 Å². The predicted molar refractivity (Wildman–Crippen MR) is 122 cm³/mol. The number of amides is 1. The minimum absolute atomic E-state index is 0.126. The Bertz CT molecular complexity index is 1250. The lowest BCUT2D eigenvalue weighted by molar-refractivity contribution is -0.113. The van der Waals surface area contributed by atoms with Crippen LogP contribution in [0.1, 0.15) is 17.0 Å². The number of aryl methyl sites for hydroxylation is 2. The molecule has 0 aliphatic heterocycles. The summed E-state index contributed by atoms with van der Waals surface area (Å²) in [6, 6.07) is 15.3. The Morgan fingerprint density at radius 2 is 1.83 bits per heavy atom. The summed E-state index contributed by atoms with van der Waals surface area (Å²) in [4.78, 5) is 12.5. The maximum atomic E-state index is 12.5. The highest BCUT2D eigenvalue weighted by Gasteiger charge is 2.15. The number of carbonyl (C=O) groups excluding carboxylic acids is 1. The number of aromatic nitrogens is 4. The van der Waals surface area contributed by atoms with Gasteiger partial charge in [0, 0.05) is 27.2 Å². The summed E-state index contributed by atoms with van der Waals surface area (Å²) in [6.45, 7) is 5.81. The van der Waals surface area contributed by atoms with Crippen LogP contribution >= 0.6 is 23.4 Å². The van der Waals surface area contributed by atoms with Crippen molar-refractivity contribution in [2.24, 2.45) is 0 Å². The van der Waals surface area contributed by atoms with Crippen LogP contribution in [0.5, 0.6) is 0 Å². The van der Waals surface area contributed by atoms with E-state index in [0.29, 0.717) is 21.6 Å². The van der Waals surface area contributed by atoms with Crippen LogP contribution in [0.25, 0.3) is 16.6 Å². The van der Waals surface area contributed by atoms with E-state index >= 15 is 0 Å². The van der Waals surface area contributed by atoms with Crippen molar-refractivity contribution < 1.29 is 4.79 Å². The number of thioether (sulfide) groups is 1. The highest BCUT2D eigenvalue weighted by molar-refractivity contribution is 8.00. The topological polar surface area (TPSA) is 72.7 Å². The fraction of sp³-hybridized carbons (Fsp3) is 0.182.